The van der Waals surface area contributed by atoms with Gasteiger partial charge >= 0.3 is 5.97 Å². The van der Waals surface area contributed by atoms with E-state index < -0.39 is 17.9 Å². The molecule has 1 atom stereocenters. The number of carbonyl (C=O) groups is 2. The zero-order chi connectivity index (χ0) is 33.1. The molecule has 2 aromatic carbocycles. The van der Waals surface area contributed by atoms with E-state index in [1.54, 1.807) is 30.5 Å². The van der Waals surface area contributed by atoms with Gasteiger partial charge in [-0.2, -0.15) is 0 Å². The van der Waals surface area contributed by atoms with Crippen molar-refractivity contribution in [3.8, 4) is 27.5 Å². The minimum atomic E-state index is -1.13. The number of aliphatic carboxylic acids is 1. The molecule has 1 saturated heterocycles. The van der Waals surface area contributed by atoms with Crippen LogP contribution in [0.15, 0.2) is 65.5 Å². The van der Waals surface area contributed by atoms with Gasteiger partial charge in [-0.1, -0.05) is 35.9 Å². The Morgan fingerprint density at radius 2 is 1.91 bits per heavy atom. The number of hydrogen-bond donors (Lipinski definition) is 3. The number of piperazine rings is 1. The molecule has 1 fully saturated rings. The number of primary amides is 1. The molecule has 0 saturated carbocycles. The molecule has 0 radical (unpaired) electrons. The molecule has 47 heavy (non-hydrogen) atoms. The van der Waals surface area contributed by atoms with Crippen LogP contribution in [0.3, 0.4) is 0 Å². The molecule has 0 aliphatic carbocycles. The average Bonchev–Trinajstić information content (AvgIpc) is 3.73. The van der Waals surface area contributed by atoms with Crippen LogP contribution in [0.4, 0.5) is 5.82 Å². The van der Waals surface area contributed by atoms with E-state index in [-0.39, 0.29) is 12.0 Å². The number of thiophene rings is 1. The number of fused-ring (bicyclic) bond motifs is 1. The first-order valence-corrected chi connectivity index (χ1v) is 16.4. The first kappa shape index (κ1) is 32.5. The van der Waals surface area contributed by atoms with Gasteiger partial charge in [-0.25, -0.2) is 14.8 Å². The number of hydrogen-bond acceptors (Lipinski definition) is 10. The van der Waals surface area contributed by atoms with Gasteiger partial charge in [-0.3, -0.25) is 9.69 Å². The first-order valence-electron chi connectivity index (χ1n) is 15.2. The molecule has 4 N–H and O–H groups in total. The van der Waals surface area contributed by atoms with Crippen molar-refractivity contribution in [1.82, 2.24) is 19.8 Å². The minimum Gasteiger partial charge on any atom is -0.491 e. The molecular formula is C34H35ClN6O5S. The number of carboxylic acids is 1. The Morgan fingerprint density at radius 1 is 1.13 bits per heavy atom. The number of benzene rings is 2. The number of rotatable bonds is 12. The summed E-state index contributed by atoms with van der Waals surface area (Å²) in [7, 11) is 2.13. The Kier molecular flexibility index (Phi) is 9.73. The molecule has 5 aromatic rings. The summed E-state index contributed by atoms with van der Waals surface area (Å²) in [5.74, 6) is -0.198. The molecule has 1 aliphatic heterocycles. The van der Waals surface area contributed by atoms with E-state index in [4.69, 9.17) is 26.5 Å². The third-order valence-corrected chi connectivity index (χ3v) is 10.0. The number of nitrogens with one attached hydrogen (secondary N) is 1. The summed E-state index contributed by atoms with van der Waals surface area (Å²) in [5.41, 5.74) is 8.70. The Labute approximate surface area is 280 Å². The quantitative estimate of drug-likeness (QED) is 0.157. The van der Waals surface area contributed by atoms with E-state index in [1.165, 1.54) is 17.7 Å². The fourth-order valence-corrected chi connectivity index (χ4v) is 7.15. The summed E-state index contributed by atoms with van der Waals surface area (Å²) in [6, 6.07) is 13.1. The number of nitrogens with two attached hydrogens (primary N) is 1. The number of nitrogens with zero attached hydrogens (tertiary/aromatic N) is 4. The Bertz CT molecular complexity index is 1900. The average molecular weight is 675 g/mol. The van der Waals surface area contributed by atoms with Gasteiger partial charge < -0.3 is 30.2 Å². The van der Waals surface area contributed by atoms with E-state index in [2.05, 4.69) is 32.1 Å². The second-order valence-electron chi connectivity index (χ2n) is 11.5. The van der Waals surface area contributed by atoms with Crippen LogP contribution in [0, 0.1) is 6.92 Å². The van der Waals surface area contributed by atoms with Crippen molar-refractivity contribution in [2.75, 3.05) is 51.7 Å². The lowest BCUT2D eigenvalue weighted by Gasteiger charge is -2.32. The van der Waals surface area contributed by atoms with Crippen molar-refractivity contribution < 1.29 is 23.8 Å². The van der Waals surface area contributed by atoms with Gasteiger partial charge in [0, 0.05) is 50.3 Å². The minimum absolute atomic E-state index is 0.00449. The molecule has 6 rings (SSSR count). The predicted molar refractivity (Wildman–Crippen MR) is 183 cm³/mol. The van der Waals surface area contributed by atoms with Crippen molar-refractivity contribution in [1.29, 1.82) is 0 Å². The number of anilines is 1. The third kappa shape index (κ3) is 6.96. The SMILES string of the molecule is Cc1c(-c2c(-c3ccco3)sc3ncnc(NC(Cc4ccccc4C(N)=O)C(=O)O)c23)ccc(OCCN2CCN(C)CC2)c1Cl. The van der Waals surface area contributed by atoms with Gasteiger partial charge in [-0.05, 0) is 54.9 Å². The highest BCUT2D eigenvalue weighted by molar-refractivity contribution is 7.22. The lowest BCUT2D eigenvalue weighted by atomic mass is 9.96. The van der Waals surface area contributed by atoms with Crippen LogP contribution in [-0.2, 0) is 11.2 Å². The topological polar surface area (TPSA) is 147 Å². The standard InChI is InChI=1S/C34H35ClN6O5S/c1-20-22(9-10-25(29(20)35)46-17-15-41-13-11-40(2)12-14-41)27-28-32(37-19-38-33(28)47-30(27)26-8-5-16-45-26)39-24(34(43)44)18-21-6-3-4-7-23(21)31(36)42/h3-10,16,19,24H,11-15,17-18H2,1-2H3,(H2,36,42)(H,43,44)(H,37,38,39). The molecule has 1 aliphatic rings. The number of carboxylic acid groups (broad SMARTS) is 1. The van der Waals surface area contributed by atoms with E-state index in [1.807, 2.05) is 31.2 Å². The van der Waals surface area contributed by atoms with Crippen molar-refractivity contribution in [3.63, 3.8) is 0 Å². The van der Waals surface area contributed by atoms with Crippen LogP contribution >= 0.6 is 22.9 Å². The number of carbonyl (C=O) groups excluding carboxylic acids is 1. The van der Waals surface area contributed by atoms with Gasteiger partial charge in [0.15, 0.2) is 0 Å². The maximum atomic E-state index is 12.5. The number of aromatic nitrogens is 2. The largest absolute Gasteiger partial charge is 0.491 e. The van der Waals surface area contributed by atoms with Crippen molar-refractivity contribution in [2.45, 2.75) is 19.4 Å². The highest BCUT2D eigenvalue weighted by atomic mass is 35.5. The highest BCUT2D eigenvalue weighted by Crippen LogP contribution is 2.49. The number of likely N-dealkylation sites (N-methyl/N-ethyl adjacent to an activating group) is 1. The van der Waals surface area contributed by atoms with E-state index in [0.29, 0.717) is 44.7 Å². The molecule has 3 aromatic heterocycles. The van der Waals surface area contributed by atoms with Crippen LogP contribution in [0.2, 0.25) is 5.02 Å². The monoisotopic (exact) mass is 674 g/mol. The van der Waals surface area contributed by atoms with E-state index >= 15 is 0 Å². The predicted octanol–water partition coefficient (Wildman–Crippen LogP) is 5.41. The maximum absolute atomic E-state index is 12.5. The molecule has 244 valence electrons. The number of ether oxygens (including phenoxy) is 1. The van der Waals surface area contributed by atoms with E-state index in [9.17, 15) is 14.7 Å². The fraction of sp³-hybridized carbons (Fsp3) is 0.294. The van der Waals surface area contributed by atoms with Gasteiger partial charge in [0.1, 0.15) is 41.1 Å². The molecule has 0 bridgehead atoms. The second-order valence-corrected chi connectivity index (χ2v) is 12.9. The maximum Gasteiger partial charge on any atom is 0.326 e. The molecule has 1 amide bonds. The molecule has 4 heterocycles. The Hall–Kier alpha value is -4.49. The van der Waals surface area contributed by atoms with Crippen LogP contribution in [0.1, 0.15) is 21.5 Å². The normalized spacial score (nSPS) is 14.7. The fourth-order valence-electron chi connectivity index (χ4n) is 5.80. The van der Waals surface area contributed by atoms with Crippen LogP contribution in [0.25, 0.3) is 32.0 Å². The summed E-state index contributed by atoms with van der Waals surface area (Å²) in [6.07, 6.45) is 2.99. The summed E-state index contributed by atoms with van der Waals surface area (Å²) in [6.45, 7) is 7.34. The Morgan fingerprint density at radius 3 is 2.64 bits per heavy atom. The second kappa shape index (κ2) is 14.1. The molecule has 1 unspecified atom stereocenters. The van der Waals surface area contributed by atoms with Crippen LogP contribution in [0.5, 0.6) is 5.75 Å². The molecule has 13 heteroatoms. The molecule has 0 spiro atoms. The number of furan rings is 1. The van der Waals surface area contributed by atoms with Crippen molar-refractivity contribution in [3.05, 3.63) is 82.8 Å². The van der Waals surface area contributed by atoms with Crippen molar-refractivity contribution in [2.24, 2.45) is 5.73 Å². The number of halogens is 1. The van der Waals surface area contributed by atoms with Gasteiger partial charge in [0.25, 0.3) is 0 Å². The molecule has 11 nitrogen and oxygen atoms in total. The first-order chi connectivity index (χ1) is 22.7. The third-order valence-electron chi connectivity index (χ3n) is 8.43. The Balaban J connectivity index is 1.37. The zero-order valence-electron chi connectivity index (χ0n) is 26.0. The van der Waals surface area contributed by atoms with Crippen LogP contribution < -0.4 is 15.8 Å². The molecular weight excluding hydrogens is 640 g/mol. The van der Waals surface area contributed by atoms with Gasteiger partial charge in [-0.15, -0.1) is 11.3 Å². The summed E-state index contributed by atoms with van der Waals surface area (Å²) in [5, 5.41) is 14.5. The van der Waals surface area contributed by atoms with Crippen molar-refractivity contribution >= 4 is 50.8 Å². The highest BCUT2D eigenvalue weighted by Gasteiger charge is 2.27. The van der Waals surface area contributed by atoms with Gasteiger partial charge in [0.2, 0.25) is 5.91 Å². The lowest BCUT2D eigenvalue weighted by Crippen LogP contribution is -2.45. The summed E-state index contributed by atoms with van der Waals surface area (Å²) < 4.78 is 12.0. The van der Waals surface area contributed by atoms with E-state index in [0.717, 1.165) is 54.3 Å². The number of amides is 1. The zero-order valence-corrected chi connectivity index (χ0v) is 27.6. The smallest absolute Gasteiger partial charge is 0.326 e. The summed E-state index contributed by atoms with van der Waals surface area (Å²) in [4.78, 5) is 39.8. The van der Waals surface area contributed by atoms with Crippen LogP contribution in [-0.4, -0.2) is 89.2 Å². The summed E-state index contributed by atoms with van der Waals surface area (Å²) >= 11 is 8.36. The lowest BCUT2D eigenvalue weighted by molar-refractivity contribution is -0.137. The van der Waals surface area contributed by atoms with Gasteiger partial charge in [0.05, 0.1) is 21.5 Å².